The Bertz CT molecular complexity index is 848. The van der Waals surface area contributed by atoms with Crippen LogP contribution in [0, 0.1) is 5.92 Å². The highest BCUT2D eigenvalue weighted by Gasteiger charge is 2.40. The molecule has 0 aromatic carbocycles. The van der Waals surface area contributed by atoms with E-state index in [0.29, 0.717) is 17.9 Å². The zero-order chi connectivity index (χ0) is 25.4. The zero-order valence-corrected chi connectivity index (χ0v) is 20.2. The Morgan fingerprint density at radius 1 is 1.21 bits per heavy atom. The molecule has 0 aliphatic heterocycles. The second-order valence-corrected chi connectivity index (χ2v) is 10.1. The number of hydrogen-bond donors (Lipinski definition) is 4. The number of rotatable bonds is 13. The molecule has 0 bridgehead atoms. The molecule has 3 atom stereocenters. The first kappa shape index (κ1) is 29.0. The number of nitrogens with two attached hydrogens (primary N) is 1. The van der Waals surface area contributed by atoms with E-state index in [0.717, 1.165) is 25.3 Å². The summed E-state index contributed by atoms with van der Waals surface area (Å²) in [6, 6.07) is 0. The Morgan fingerprint density at radius 2 is 1.91 bits per heavy atom. The number of aliphatic hydroxyl groups is 1. The lowest BCUT2D eigenvalue weighted by Gasteiger charge is -2.29. The summed E-state index contributed by atoms with van der Waals surface area (Å²) in [6.07, 6.45) is 7.06. The number of allylic oxidation sites excluding steroid dienone is 6. The quantitative estimate of drug-likeness (QED) is 0.214. The average Bonchev–Trinajstić information content (AvgIpc) is 2.79. The van der Waals surface area contributed by atoms with Crippen molar-refractivity contribution in [2.24, 2.45) is 11.7 Å². The van der Waals surface area contributed by atoms with Crippen LogP contribution >= 0.6 is 7.82 Å². The van der Waals surface area contributed by atoms with Crippen LogP contribution in [-0.4, -0.2) is 52.5 Å². The van der Waals surface area contributed by atoms with Crippen molar-refractivity contribution in [1.29, 1.82) is 0 Å². The summed E-state index contributed by atoms with van der Waals surface area (Å²) in [6.45, 7) is 1.05. The predicted octanol–water partition coefficient (Wildman–Crippen LogP) is 4.46. The van der Waals surface area contributed by atoms with E-state index in [4.69, 9.17) is 20.3 Å². The minimum atomic E-state index is -4.79. The number of halogens is 3. The van der Waals surface area contributed by atoms with Gasteiger partial charge in [0, 0.05) is 6.61 Å². The van der Waals surface area contributed by atoms with E-state index in [1.165, 1.54) is 5.57 Å². The van der Waals surface area contributed by atoms with E-state index in [2.05, 4.69) is 29.7 Å². The summed E-state index contributed by atoms with van der Waals surface area (Å²) < 4.78 is 61.8. The number of alkyl halides is 3. The van der Waals surface area contributed by atoms with Gasteiger partial charge in [-0.25, -0.2) is 4.57 Å². The maximum Gasteiger partial charge on any atom is 0.469 e. The maximum absolute atomic E-state index is 13.7. The molecule has 194 valence electrons. The maximum atomic E-state index is 13.7. The van der Waals surface area contributed by atoms with Crippen LogP contribution in [0.3, 0.4) is 0 Å². The topological polar surface area (TPSA) is 122 Å². The number of phosphoric acid groups is 1. The molecule has 0 fully saturated rings. The highest BCUT2D eigenvalue weighted by Crippen LogP contribution is 2.38. The zero-order valence-electron chi connectivity index (χ0n) is 19.3. The third-order valence-electron chi connectivity index (χ3n) is 6.07. The molecule has 0 radical (unpaired) electrons. The fraction of sp³-hybridized carbons (Fsp3) is 0.652. The van der Waals surface area contributed by atoms with Crippen LogP contribution < -0.4 is 5.73 Å². The molecule has 0 aromatic heterocycles. The van der Waals surface area contributed by atoms with Crippen molar-refractivity contribution in [3.8, 4) is 0 Å². The van der Waals surface area contributed by atoms with Crippen LogP contribution in [-0.2, 0) is 13.8 Å². The standard InChI is InChI=1S/C23H35F3NO6P/c1-2-17-5-7-18(8-6-17)4-3-13-32-21-10-9-19(14-20(21)23(24,25)26)11-12-22(27,15-28)16-33-34(29,30)31/h5-7,9,14,18,21,28H,2-4,8,10-13,15-16,27H2,1H3,(H2,29,30,31). The number of aliphatic hydroxyl groups excluding tert-OH is 1. The summed E-state index contributed by atoms with van der Waals surface area (Å²) in [7, 11) is -4.79. The molecule has 0 saturated heterocycles. The third-order valence-corrected chi connectivity index (χ3v) is 6.53. The van der Waals surface area contributed by atoms with Crippen molar-refractivity contribution < 1.29 is 41.9 Å². The first-order valence-electron chi connectivity index (χ1n) is 11.4. The minimum absolute atomic E-state index is 0.0222. The molecule has 0 aromatic rings. The first-order valence-corrected chi connectivity index (χ1v) is 12.9. The molecular weight excluding hydrogens is 474 g/mol. The number of ether oxygens (including phenoxy) is 1. The van der Waals surface area contributed by atoms with Crippen LogP contribution in [0.25, 0.3) is 0 Å². The summed E-state index contributed by atoms with van der Waals surface area (Å²) >= 11 is 0. The summed E-state index contributed by atoms with van der Waals surface area (Å²) in [5.41, 5.74) is 5.32. The summed E-state index contributed by atoms with van der Waals surface area (Å²) in [5.74, 6) is 0.381. The van der Waals surface area contributed by atoms with Crippen LogP contribution in [0.4, 0.5) is 13.2 Å². The molecule has 2 aliphatic rings. The van der Waals surface area contributed by atoms with Gasteiger partial charge in [0.15, 0.2) is 0 Å². The second-order valence-electron chi connectivity index (χ2n) is 8.89. The highest BCUT2D eigenvalue weighted by molar-refractivity contribution is 7.46. The SMILES string of the molecule is CCC1=CCC(CCCOC2CC=C(CCC(N)(CO)COP(=O)(O)O)C=C2C(F)(F)F)C=C1. The molecular formula is C23H35F3NO6P. The van der Waals surface area contributed by atoms with Gasteiger partial charge >= 0.3 is 14.0 Å². The monoisotopic (exact) mass is 509 g/mol. The Kier molecular flexibility index (Phi) is 10.8. The highest BCUT2D eigenvalue weighted by atomic mass is 31.2. The van der Waals surface area contributed by atoms with Gasteiger partial charge < -0.3 is 25.4 Å². The van der Waals surface area contributed by atoms with Crippen molar-refractivity contribution in [2.45, 2.75) is 69.7 Å². The molecule has 5 N–H and O–H groups in total. The smallest absolute Gasteiger partial charge is 0.394 e. The van der Waals surface area contributed by atoms with Crippen LogP contribution in [0.15, 0.2) is 47.1 Å². The van der Waals surface area contributed by atoms with Crippen molar-refractivity contribution >= 4 is 7.82 Å². The molecule has 34 heavy (non-hydrogen) atoms. The lowest BCUT2D eigenvalue weighted by molar-refractivity contribution is -0.111. The largest absolute Gasteiger partial charge is 0.469 e. The van der Waals surface area contributed by atoms with Gasteiger partial charge in [-0.15, -0.1) is 0 Å². The Balaban J connectivity index is 1.88. The Hall–Kier alpha value is -1.26. The van der Waals surface area contributed by atoms with Crippen molar-refractivity contribution in [2.75, 3.05) is 19.8 Å². The van der Waals surface area contributed by atoms with Gasteiger partial charge in [-0.1, -0.05) is 42.4 Å². The lowest BCUT2D eigenvalue weighted by atomic mass is 9.89. The van der Waals surface area contributed by atoms with E-state index >= 15 is 0 Å². The molecule has 2 aliphatic carbocycles. The third kappa shape index (κ3) is 9.77. The summed E-state index contributed by atoms with van der Waals surface area (Å²) in [5, 5.41) is 9.47. The molecule has 11 heteroatoms. The van der Waals surface area contributed by atoms with Gasteiger partial charge in [0.2, 0.25) is 0 Å². The van der Waals surface area contributed by atoms with Gasteiger partial charge in [0.25, 0.3) is 0 Å². The van der Waals surface area contributed by atoms with E-state index < -0.39 is 44.4 Å². The van der Waals surface area contributed by atoms with Gasteiger partial charge in [-0.2, -0.15) is 13.2 Å². The van der Waals surface area contributed by atoms with Gasteiger partial charge in [0.1, 0.15) is 0 Å². The molecule has 0 heterocycles. The first-order chi connectivity index (χ1) is 15.8. The van der Waals surface area contributed by atoms with Crippen molar-refractivity contribution in [3.63, 3.8) is 0 Å². The van der Waals surface area contributed by atoms with Crippen LogP contribution in [0.1, 0.15) is 51.9 Å². The number of phosphoric ester groups is 1. The molecule has 0 amide bonds. The lowest BCUT2D eigenvalue weighted by Crippen LogP contribution is -2.48. The molecule has 0 spiro atoms. The van der Waals surface area contributed by atoms with Gasteiger partial charge in [-0.3, -0.25) is 4.52 Å². The second kappa shape index (κ2) is 12.6. The average molecular weight is 510 g/mol. The molecule has 7 nitrogen and oxygen atoms in total. The van der Waals surface area contributed by atoms with Crippen molar-refractivity contribution in [3.05, 3.63) is 47.1 Å². The molecule has 2 rings (SSSR count). The van der Waals surface area contributed by atoms with Crippen LogP contribution in [0.2, 0.25) is 0 Å². The van der Waals surface area contributed by atoms with E-state index in [1.54, 1.807) is 6.08 Å². The van der Waals surface area contributed by atoms with Gasteiger partial charge in [-0.05, 0) is 56.9 Å². The Labute approximate surface area is 198 Å². The minimum Gasteiger partial charge on any atom is -0.394 e. The number of hydrogen-bond acceptors (Lipinski definition) is 5. The van der Waals surface area contributed by atoms with Crippen LogP contribution in [0.5, 0.6) is 0 Å². The molecule has 0 saturated carbocycles. The summed E-state index contributed by atoms with van der Waals surface area (Å²) in [4.78, 5) is 17.6. The fourth-order valence-corrected chi connectivity index (χ4v) is 4.32. The molecule has 3 unspecified atom stereocenters. The van der Waals surface area contributed by atoms with Crippen molar-refractivity contribution in [1.82, 2.24) is 0 Å². The van der Waals surface area contributed by atoms with E-state index in [1.807, 2.05) is 0 Å². The van der Waals surface area contributed by atoms with E-state index in [-0.39, 0.29) is 25.9 Å². The van der Waals surface area contributed by atoms with Gasteiger partial charge in [0.05, 0.1) is 30.4 Å². The normalized spacial score (nSPS) is 23.2. The van der Waals surface area contributed by atoms with E-state index in [9.17, 15) is 22.8 Å². The fourth-order valence-electron chi connectivity index (χ4n) is 3.89. The Morgan fingerprint density at radius 3 is 2.47 bits per heavy atom. The predicted molar refractivity (Wildman–Crippen MR) is 123 cm³/mol.